The highest BCUT2D eigenvalue weighted by Gasteiger charge is 2.05. The lowest BCUT2D eigenvalue weighted by atomic mass is 10.0. The summed E-state index contributed by atoms with van der Waals surface area (Å²) in [6.45, 7) is 10.2. The predicted octanol–water partition coefficient (Wildman–Crippen LogP) is 3.78. The molecule has 0 saturated carbocycles. The van der Waals surface area contributed by atoms with Crippen molar-refractivity contribution >= 4 is 6.72 Å². The first-order valence-corrected chi connectivity index (χ1v) is 6.49. The Labute approximate surface area is 105 Å². The lowest BCUT2D eigenvalue weighted by Gasteiger charge is -2.25. The zero-order valence-corrected chi connectivity index (χ0v) is 11.1. The quantitative estimate of drug-likeness (QED) is 0.520. The minimum absolute atomic E-state index is 0.533. The summed E-state index contributed by atoms with van der Waals surface area (Å²) in [6.07, 6.45) is 14.3. The number of aliphatic imine (C=N–C) groups is 1. The van der Waals surface area contributed by atoms with E-state index >= 15 is 0 Å². The van der Waals surface area contributed by atoms with Crippen LogP contribution in [0.3, 0.4) is 0 Å². The summed E-state index contributed by atoms with van der Waals surface area (Å²) in [6, 6.07) is 0. The molecule has 0 aromatic carbocycles. The second kappa shape index (κ2) is 7.88. The minimum Gasteiger partial charge on any atom is -0.377 e. The van der Waals surface area contributed by atoms with Gasteiger partial charge >= 0.3 is 0 Å². The van der Waals surface area contributed by atoms with Gasteiger partial charge in [-0.05, 0) is 55.8 Å². The van der Waals surface area contributed by atoms with Gasteiger partial charge in [0, 0.05) is 19.3 Å². The zero-order valence-electron chi connectivity index (χ0n) is 11.1. The summed E-state index contributed by atoms with van der Waals surface area (Å²) in [5.41, 5.74) is 1.33. The summed E-state index contributed by atoms with van der Waals surface area (Å²) in [7, 11) is 0. The second-order valence-electron chi connectivity index (χ2n) is 4.76. The molecule has 0 aromatic heterocycles. The van der Waals surface area contributed by atoms with Gasteiger partial charge in [0.15, 0.2) is 0 Å². The molecule has 0 unspecified atom stereocenters. The normalized spacial score (nSPS) is 18.5. The third kappa shape index (κ3) is 5.53. The molecule has 0 amide bonds. The van der Waals surface area contributed by atoms with Crippen LogP contribution < -0.4 is 0 Å². The Balaban J connectivity index is 2.58. The van der Waals surface area contributed by atoms with E-state index in [0.717, 1.165) is 0 Å². The number of allylic oxidation sites excluding steroid dienone is 4. The lowest BCUT2D eigenvalue weighted by molar-refractivity contribution is 0.309. The van der Waals surface area contributed by atoms with Crippen molar-refractivity contribution in [1.29, 1.82) is 0 Å². The van der Waals surface area contributed by atoms with E-state index in [-0.39, 0.29) is 0 Å². The van der Waals surface area contributed by atoms with Crippen LogP contribution in [0.1, 0.15) is 33.1 Å². The monoisotopic (exact) mass is 232 g/mol. The maximum atomic E-state index is 3.71. The summed E-state index contributed by atoms with van der Waals surface area (Å²) >= 11 is 0. The number of nitrogens with zero attached hydrogens (tertiary/aromatic N) is 2. The van der Waals surface area contributed by atoms with E-state index in [2.05, 4.69) is 48.8 Å². The highest BCUT2D eigenvalue weighted by atomic mass is 15.1. The fraction of sp³-hybridized carbons (Fsp3) is 0.533. The molecule has 1 rings (SSSR count). The van der Waals surface area contributed by atoms with Crippen LogP contribution in [0.2, 0.25) is 0 Å². The second-order valence-corrected chi connectivity index (χ2v) is 4.76. The molecule has 1 fully saturated rings. The molecule has 0 atom stereocenters. The molecule has 1 heterocycles. The molecule has 1 aliphatic rings. The van der Waals surface area contributed by atoms with Crippen LogP contribution in [0, 0.1) is 5.92 Å². The SMILES string of the molecule is C=N\C=C/C=C(/C=C/N1CCCCC1)C(C)C. The van der Waals surface area contributed by atoms with Gasteiger partial charge in [0.2, 0.25) is 0 Å². The summed E-state index contributed by atoms with van der Waals surface area (Å²) in [5.74, 6) is 0.533. The van der Waals surface area contributed by atoms with E-state index < -0.39 is 0 Å². The Bertz CT molecular complexity index is 305. The van der Waals surface area contributed by atoms with Crippen LogP contribution in [0.4, 0.5) is 0 Å². The van der Waals surface area contributed by atoms with Gasteiger partial charge in [0.25, 0.3) is 0 Å². The highest BCUT2D eigenvalue weighted by Crippen LogP contribution is 2.14. The Morgan fingerprint density at radius 2 is 1.94 bits per heavy atom. The zero-order chi connectivity index (χ0) is 12.5. The average molecular weight is 232 g/mol. The molecular formula is C15H24N2. The molecule has 0 radical (unpaired) electrons. The molecule has 0 aromatic rings. The maximum absolute atomic E-state index is 3.71. The van der Waals surface area contributed by atoms with Crippen molar-refractivity contribution < 1.29 is 0 Å². The van der Waals surface area contributed by atoms with Gasteiger partial charge in [-0.15, -0.1) is 0 Å². The third-order valence-corrected chi connectivity index (χ3v) is 3.02. The van der Waals surface area contributed by atoms with Crippen LogP contribution in [0.5, 0.6) is 0 Å². The van der Waals surface area contributed by atoms with Crippen LogP contribution in [0.15, 0.2) is 41.2 Å². The van der Waals surface area contributed by atoms with Crippen molar-refractivity contribution in [1.82, 2.24) is 4.90 Å². The summed E-state index contributed by atoms with van der Waals surface area (Å²) in [5, 5.41) is 0. The van der Waals surface area contributed by atoms with Crippen molar-refractivity contribution in [3.05, 3.63) is 36.2 Å². The summed E-state index contributed by atoms with van der Waals surface area (Å²) in [4.78, 5) is 6.12. The first kappa shape index (κ1) is 13.8. The Morgan fingerprint density at radius 3 is 2.53 bits per heavy atom. The van der Waals surface area contributed by atoms with E-state index in [1.165, 1.54) is 37.9 Å². The molecule has 1 aliphatic heterocycles. The molecular weight excluding hydrogens is 208 g/mol. The smallest absolute Gasteiger partial charge is 0.0260 e. The fourth-order valence-corrected chi connectivity index (χ4v) is 1.91. The van der Waals surface area contributed by atoms with E-state index in [0.29, 0.717) is 5.92 Å². The van der Waals surface area contributed by atoms with Crippen molar-refractivity contribution in [2.24, 2.45) is 10.9 Å². The van der Waals surface area contributed by atoms with Crippen molar-refractivity contribution in [2.75, 3.05) is 13.1 Å². The number of hydrogen-bond donors (Lipinski definition) is 0. The third-order valence-electron chi connectivity index (χ3n) is 3.02. The molecule has 2 heteroatoms. The van der Waals surface area contributed by atoms with Gasteiger partial charge in [-0.2, -0.15) is 0 Å². The predicted molar refractivity (Wildman–Crippen MR) is 76.2 cm³/mol. The molecule has 1 saturated heterocycles. The highest BCUT2D eigenvalue weighted by molar-refractivity contribution is 5.28. The average Bonchev–Trinajstić information content (AvgIpc) is 2.34. The first-order chi connectivity index (χ1) is 8.24. The van der Waals surface area contributed by atoms with E-state index in [1.54, 1.807) is 6.20 Å². The van der Waals surface area contributed by atoms with E-state index in [9.17, 15) is 0 Å². The van der Waals surface area contributed by atoms with Crippen molar-refractivity contribution in [2.45, 2.75) is 33.1 Å². The number of rotatable bonds is 5. The number of hydrogen-bond acceptors (Lipinski definition) is 2. The van der Waals surface area contributed by atoms with Gasteiger partial charge in [-0.25, -0.2) is 0 Å². The van der Waals surface area contributed by atoms with Gasteiger partial charge in [0.1, 0.15) is 0 Å². The Kier molecular flexibility index (Phi) is 6.38. The van der Waals surface area contributed by atoms with Gasteiger partial charge in [0.05, 0.1) is 0 Å². The van der Waals surface area contributed by atoms with E-state index in [4.69, 9.17) is 0 Å². The number of likely N-dealkylation sites (tertiary alicyclic amines) is 1. The van der Waals surface area contributed by atoms with Crippen LogP contribution in [0.25, 0.3) is 0 Å². The van der Waals surface area contributed by atoms with Gasteiger partial charge < -0.3 is 4.90 Å². The first-order valence-electron chi connectivity index (χ1n) is 6.49. The van der Waals surface area contributed by atoms with Crippen LogP contribution >= 0.6 is 0 Å². The molecule has 0 aliphatic carbocycles. The molecule has 17 heavy (non-hydrogen) atoms. The standard InChI is InChI=1S/C15H24N2/c1-14(2)15(8-7-10-16-3)9-13-17-11-5-4-6-12-17/h7-10,13-14H,3-6,11-12H2,1-2H3/b10-7-,13-9+,15-8-. The molecule has 2 nitrogen and oxygen atoms in total. The largest absolute Gasteiger partial charge is 0.377 e. The maximum Gasteiger partial charge on any atom is 0.0260 e. The van der Waals surface area contributed by atoms with Crippen LogP contribution in [-0.4, -0.2) is 24.7 Å². The Hall–Kier alpha value is -1.31. The Morgan fingerprint density at radius 1 is 1.24 bits per heavy atom. The van der Waals surface area contributed by atoms with Gasteiger partial charge in [-0.1, -0.05) is 19.9 Å². The molecule has 0 bridgehead atoms. The fourth-order valence-electron chi connectivity index (χ4n) is 1.91. The van der Waals surface area contributed by atoms with Crippen LogP contribution in [-0.2, 0) is 0 Å². The van der Waals surface area contributed by atoms with Crippen molar-refractivity contribution in [3.8, 4) is 0 Å². The molecule has 0 N–H and O–H groups in total. The molecule has 94 valence electrons. The summed E-state index contributed by atoms with van der Waals surface area (Å²) < 4.78 is 0. The van der Waals surface area contributed by atoms with Gasteiger partial charge in [-0.3, -0.25) is 4.99 Å². The molecule has 0 spiro atoms. The van der Waals surface area contributed by atoms with E-state index in [1.807, 2.05) is 6.08 Å². The minimum atomic E-state index is 0.533. The number of piperidine rings is 1. The topological polar surface area (TPSA) is 15.6 Å². The van der Waals surface area contributed by atoms with Crippen molar-refractivity contribution in [3.63, 3.8) is 0 Å². The lowest BCUT2D eigenvalue weighted by Crippen LogP contribution is -2.24.